The van der Waals surface area contributed by atoms with E-state index in [0.29, 0.717) is 10.9 Å². The number of rotatable bonds is 5. The molecule has 3 heterocycles. The Hall–Kier alpha value is -2.53. The molecule has 0 fully saturated rings. The summed E-state index contributed by atoms with van der Waals surface area (Å²) in [6, 6.07) is 1.86. The first-order valence-corrected chi connectivity index (χ1v) is 9.04. The largest absolute Gasteiger partial charge is 0.369 e. The third-order valence-corrected chi connectivity index (χ3v) is 5.60. The summed E-state index contributed by atoms with van der Waals surface area (Å²) in [5, 5.41) is 7.27. The Morgan fingerprint density at radius 2 is 2.04 bits per heavy atom. The van der Waals surface area contributed by atoms with Crippen LogP contribution in [0.2, 0.25) is 0 Å². The summed E-state index contributed by atoms with van der Waals surface area (Å²) in [6.07, 6.45) is 0. The van der Waals surface area contributed by atoms with Crippen molar-refractivity contribution < 1.29 is 9.59 Å². The molecule has 3 aromatic heterocycles. The van der Waals surface area contributed by atoms with Crippen LogP contribution in [0.5, 0.6) is 0 Å². The number of thioether (sulfide) groups is 1. The van der Waals surface area contributed by atoms with Gasteiger partial charge in [0.15, 0.2) is 5.13 Å². The van der Waals surface area contributed by atoms with Crippen LogP contribution in [0.3, 0.4) is 0 Å². The van der Waals surface area contributed by atoms with Crippen LogP contribution in [0, 0.1) is 20.8 Å². The van der Waals surface area contributed by atoms with Gasteiger partial charge in [0.2, 0.25) is 11.7 Å². The third kappa shape index (κ3) is 3.77. The Balaban J connectivity index is 1.79. The second kappa shape index (κ2) is 6.76. The van der Waals surface area contributed by atoms with Gasteiger partial charge in [0.05, 0.1) is 15.7 Å². The van der Waals surface area contributed by atoms with E-state index in [1.807, 2.05) is 19.9 Å². The predicted octanol–water partition coefficient (Wildman–Crippen LogP) is 1.34. The van der Waals surface area contributed by atoms with Gasteiger partial charge >= 0.3 is 0 Å². The van der Waals surface area contributed by atoms with Crippen molar-refractivity contribution in [2.75, 3.05) is 11.1 Å². The number of carbonyl (C=O) groups is 2. The lowest BCUT2D eigenvalue weighted by Crippen LogP contribution is -2.13. The fourth-order valence-corrected chi connectivity index (χ4v) is 3.99. The molecule has 0 aliphatic heterocycles. The van der Waals surface area contributed by atoms with Gasteiger partial charge in [0.25, 0.3) is 11.7 Å². The third-order valence-electron chi connectivity index (χ3n) is 3.14. The van der Waals surface area contributed by atoms with E-state index >= 15 is 0 Å². The van der Waals surface area contributed by atoms with Gasteiger partial charge in [-0.1, -0.05) is 11.3 Å². The van der Waals surface area contributed by atoms with Crippen LogP contribution in [0.1, 0.15) is 27.7 Å². The maximum absolute atomic E-state index is 12.4. The number of fused-ring (bicyclic) bond motifs is 1. The number of aryl methyl sites for hydroxylation is 3. The molecule has 2 amide bonds. The zero-order chi connectivity index (χ0) is 18.1. The monoisotopic (exact) mass is 377 g/mol. The molecule has 0 spiro atoms. The quantitative estimate of drug-likeness (QED) is 0.642. The topological polar surface area (TPSA) is 128 Å². The van der Waals surface area contributed by atoms with E-state index in [-0.39, 0.29) is 11.6 Å². The fraction of sp³-hybridized carbons (Fsp3) is 0.286. The average molecular weight is 377 g/mol. The minimum Gasteiger partial charge on any atom is -0.369 e. The van der Waals surface area contributed by atoms with Gasteiger partial charge in [0, 0.05) is 11.4 Å². The van der Waals surface area contributed by atoms with E-state index in [9.17, 15) is 9.59 Å². The van der Waals surface area contributed by atoms with Gasteiger partial charge in [0.1, 0.15) is 0 Å². The van der Waals surface area contributed by atoms with E-state index in [1.165, 1.54) is 27.6 Å². The Bertz CT molecular complexity index is 979. The van der Waals surface area contributed by atoms with Crippen molar-refractivity contribution in [2.24, 2.45) is 5.73 Å². The Labute approximate surface area is 151 Å². The number of nitrogens with one attached hydrogen (secondary N) is 1. The van der Waals surface area contributed by atoms with E-state index < -0.39 is 11.8 Å². The zero-order valence-corrected chi connectivity index (χ0v) is 15.4. The van der Waals surface area contributed by atoms with E-state index in [4.69, 9.17) is 5.73 Å². The van der Waals surface area contributed by atoms with Gasteiger partial charge in [-0.2, -0.15) is 4.98 Å². The first-order chi connectivity index (χ1) is 11.8. The van der Waals surface area contributed by atoms with Crippen molar-refractivity contribution in [3.05, 3.63) is 29.0 Å². The molecule has 130 valence electrons. The molecule has 0 aliphatic rings. The predicted molar refractivity (Wildman–Crippen MR) is 95.0 cm³/mol. The number of carbonyl (C=O) groups excluding carboxylic acids is 2. The van der Waals surface area contributed by atoms with E-state index in [2.05, 4.69) is 25.4 Å². The molecule has 0 aromatic carbocycles. The summed E-state index contributed by atoms with van der Waals surface area (Å²) in [5.41, 5.74) is 7.51. The van der Waals surface area contributed by atoms with E-state index in [0.717, 1.165) is 21.3 Å². The lowest BCUT2D eigenvalue weighted by Gasteiger charge is -1.97. The highest BCUT2D eigenvalue weighted by molar-refractivity contribution is 8.01. The number of thiazole rings is 1. The molecule has 0 atom stereocenters. The van der Waals surface area contributed by atoms with Crippen LogP contribution in [0.4, 0.5) is 5.13 Å². The molecule has 9 nitrogen and oxygen atoms in total. The molecule has 0 aliphatic carbocycles. The molecular formula is C14H15N7O2S2. The number of primary amides is 1. The molecule has 0 bridgehead atoms. The van der Waals surface area contributed by atoms with Gasteiger partial charge in [-0.3, -0.25) is 14.9 Å². The van der Waals surface area contributed by atoms with Crippen LogP contribution < -0.4 is 11.1 Å². The number of nitrogens with zero attached hydrogens (tertiary/aromatic N) is 5. The van der Waals surface area contributed by atoms with Crippen molar-refractivity contribution in [2.45, 2.75) is 25.0 Å². The van der Waals surface area contributed by atoms with Crippen molar-refractivity contribution in [1.82, 2.24) is 24.6 Å². The molecule has 3 rings (SSSR count). The minimum atomic E-state index is -0.470. The molecule has 0 radical (unpaired) electrons. The van der Waals surface area contributed by atoms with E-state index in [1.54, 1.807) is 6.92 Å². The molecule has 11 heteroatoms. The molecule has 3 N–H and O–H groups in total. The summed E-state index contributed by atoms with van der Waals surface area (Å²) in [5.74, 6) is -0.330. The second-order valence-electron chi connectivity index (χ2n) is 5.29. The molecular weight excluding hydrogens is 362 g/mol. The van der Waals surface area contributed by atoms with Crippen molar-refractivity contribution in [3.63, 3.8) is 0 Å². The Morgan fingerprint density at radius 1 is 1.28 bits per heavy atom. The lowest BCUT2D eigenvalue weighted by atomic mass is 10.4. The summed E-state index contributed by atoms with van der Waals surface area (Å²) < 4.78 is 2.34. The SMILES string of the molecule is Cc1cc(C)n2nc(C(=O)Nc3nc(C)c(SCC(N)=O)s3)nc2n1. The van der Waals surface area contributed by atoms with Crippen LogP contribution >= 0.6 is 23.1 Å². The molecule has 0 unspecified atom stereocenters. The molecule has 0 saturated carbocycles. The summed E-state index contributed by atoms with van der Waals surface area (Å²) >= 11 is 2.56. The maximum Gasteiger partial charge on any atom is 0.297 e. The Kier molecular flexibility index (Phi) is 4.68. The standard InChI is InChI=1S/C14H15N7O2S2/c1-6-4-7(2)21-13(16-6)18-10(20-21)11(23)19-14-17-8(3)12(25-14)24-5-9(15)22/h4H,5H2,1-3H3,(H2,15,22)(H,17,19,23). The number of hydrogen-bond acceptors (Lipinski definition) is 8. The fourth-order valence-electron chi connectivity index (χ4n) is 2.12. The van der Waals surface area contributed by atoms with Gasteiger partial charge in [-0.15, -0.1) is 16.9 Å². The van der Waals surface area contributed by atoms with Crippen LogP contribution in [-0.2, 0) is 4.79 Å². The van der Waals surface area contributed by atoms with Gasteiger partial charge in [-0.25, -0.2) is 14.5 Å². The minimum absolute atomic E-state index is 0.0143. The molecule has 25 heavy (non-hydrogen) atoms. The summed E-state index contributed by atoms with van der Waals surface area (Å²) in [6.45, 7) is 5.52. The zero-order valence-electron chi connectivity index (χ0n) is 13.7. The van der Waals surface area contributed by atoms with Crippen LogP contribution in [-0.4, -0.2) is 42.1 Å². The smallest absolute Gasteiger partial charge is 0.297 e. The first-order valence-electron chi connectivity index (χ1n) is 7.24. The average Bonchev–Trinajstić information content (AvgIpc) is 3.09. The number of nitrogens with two attached hydrogens (primary N) is 1. The van der Waals surface area contributed by atoms with Crippen molar-refractivity contribution in [1.29, 1.82) is 0 Å². The number of amides is 2. The van der Waals surface area contributed by atoms with Gasteiger partial charge < -0.3 is 5.73 Å². The Morgan fingerprint density at radius 3 is 2.76 bits per heavy atom. The lowest BCUT2D eigenvalue weighted by molar-refractivity contribution is -0.115. The normalized spacial score (nSPS) is 11.0. The number of aromatic nitrogens is 5. The number of hydrogen-bond donors (Lipinski definition) is 2. The van der Waals surface area contributed by atoms with Crippen molar-refractivity contribution in [3.8, 4) is 0 Å². The van der Waals surface area contributed by atoms with Gasteiger partial charge in [-0.05, 0) is 26.8 Å². The molecule has 0 saturated heterocycles. The first kappa shape index (κ1) is 17.3. The highest BCUT2D eigenvalue weighted by Crippen LogP contribution is 2.31. The maximum atomic E-state index is 12.4. The highest BCUT2D eigenvalue weighted by Gasteiger charge is 2.18. The number of anilines is 1. The highest BCUT2D eigenvalue weighted by atomic mass is 32.2. The second-order valence-corrected chi connectivity index (χ2v) is 7.53. The van der Waals surface area contributed by atoms with Crippen LogP contribution in [0.15, 0.2) is 10.3 Å². The summed E-state index contributed by atoms with van der Waals surface area (Å²) in [4.78, 5) is 35.9. The summed E-state index contributed by atoms with van der Waals surface area (Å²) in [7, 11) is 0. The molecule has 3 aromatic rings. The van der Waals surface area contributed by atoms with Crippen LogP contribution in [0.25, 0.3) is 5.78 Å². The van der Waals surface area contributed by atoms with Crippen molar-refractivity contribution >= 4 is 45.8 Å².